The van der Waals surface area contributed by atoms with Crippen molar-refractivity contribution in [3.05, 3.63) is 11.7 Å². The molecule has 0 radical (unpaired) electrons. The molecule has 0 aliphatic rings. The minimum Gasteiger partial charge on any atom is -0.394 e. The molecule has 0 saturated carbocycles. The van der Waals surface area contributed by atoms with E-state index in [1.165, 1.54) is 13.8 Å². The number of nitrogens with zero attached hydrogens (tertiary/aromatic N) is 2. The molecule has 0 aliphatic heterocycles. The molecule has 0 bridgehead atoms. The van der Waals surface area contributed by atoms with E-state index in [0.29, 0.717) is 0 Å². The van der Waals surface area contributed by atoms with E-state index in [2.05, 4.69) is 20.8 Å². The predicted molar refractivity (Wildman–Crippen MR) is 87.3 cm³/mol. The van der Waals surface area contributed by atoms with Crippen molar-refractivity contribution in [1.82, 2.24) is 20.8 Å². The van der Waals surface area contributed by atoms with Crippen molar-refractivity contribution < 1.29 is 29.1 Å². The number of primary amides is 1. The molecule has 146 valence electrons. The Morgan fingerprint density at radius 3 is 2.46 bits per heavy atom. The zero-order valence-electron chi connectivity index (χ0n) is 14.5. The van der Waals surface area contributed by atoms with E-state index in [1.54, 1.807) is 0 Å². The second kappa shape index (κ2) is 9.79. The topological polar surface area (TPSA) is 207 Å². The summed E-state index contributed by atoms with van der Waals surface area (Å²) in [6, 6.07) is -3.65. The lowest BCUT2D eigenvalue weighted by atomic mass is 10.1. The van der Waals surface area contributed by atoms with Crippen LogP contribution in [0.4, 0.5) is 4.79 Å². The second-order valence-electron chi connectivity index (χ2n) is 5.78. The first-order chi connectivity index (χ1) is 12.1. The van der Waals surface area contributed by atoms with Crippen molar-refractivity contribution >= 4 is 17.7 Å². The molecule has 0 saturated heterocycles. The van der Waals surface area contributed by atoms with Gasteiger partial charge in [0.05, 0.1) is 18.8 Å². The number of hydrogen-bond acceptors (Lipinski definition) is 9. The van der Waals surface area contributed by atoms with Gasteiger partial charge in [-0.05, 0) is 20.3 Å². The van der Waals surface area contributed by atoms with Crippen LogP contribution in [0.2, 0.25) is 0 Å². The lowest BCUT2D eigenvalue weighted by Gasteiger charge is -2.21. The van der Waals surface area contributed by atoms with Crippen LogP contribution < -0.4 is 22.1 Å². The summed E-state index contributed by atoms with van der Waals surface area (Å²) in [6.45, 7) is 2.17. The molecule has 12 nitrogen and oxygen atoms in total. The quantitative estimate of drug-likeness (QED) is 0.268. The van der Waals surface area contributed by atoms with Gasteiger partial charge in [0.15, 0.2) is 11.6 Å². The normalized spacial score (nSPS) is 15.6. The van der Waals surface area contributed by atoms with Gasteiger partial charge in [-0.3, -0.25) is 9.59 Å². The highest BCUT2D eigenvalue weighted by molar-refractivity contribution is 5.87. The van der Waals surface area contributed by atoms with E-state index < -0.39 is 48.6 Å². The molecule has 1 heterocycles. The maximum absolute atomic E-state index is 12.1. The van der Waals surface area contributed by atoms with Crippen LogP contribution in [-0.2, 0) is 9.59 Å². The molecule has 4 atom stereocenters. The van der Waals surface area contributed by atoms with E-state index in [-0.39, 0.29) is 24.6 Å². The van der Waals surface area contributed by atoms with Crippen LogP contribution in [0.5, 0.6) is 0 Å². The van der Waals surface area contributed by atoms with E-state index in [0.717, 1.165) is 0 Å². The molecule has 1 unspecified atom stereocenters. The molecule has 1 aromatic heterocycles. The first-order valence-electron chi connectivity index (χ1n) is 7.89. The molecule has 0 fully saturated rings. The Labute approximate surface area is 149 Å². The van der Waals surface area contributed by atoms with Gasteiger partial charge in [-0.25, -0.2) is 4.79 Å². The van der Waals surface area contributed by atoms with Crippen LogP contribution in [0.25, 0.3) is 0 Å². The fourth-order valence-electron chi connectivity index (χ4n) is 2.07. The predicted octanol–water partition coefficient (Wildman–Crippen LogP) is -1.99. The van der Waals surface area contributed by atoms with Crippen molar-refractivity contribution in [3.8, 4) is 0 Å². The van der Waals surface area contributed by atoms with Gasteiger partial charge in [-0.1, -0.05) is 5.16 Å². The molecule has 0 spiro atoms. The summed E-state index contributed by atoms with van der Waals surface area (Å²) in [4.78, 5) is 38.6. The van der Waals surface area contributed by atoms with Gasteiger partial charge >= 0.3 is 6.03 Å². The molecule has 8 N–H and O–H groups in total. The Hall–Kier alpha value is -2.57. The summed E-state index contributed by atoms with van der Waals surface area (Å²) in [5.41, 5.74) is 10.7. The number of nitrogens with one attached hydrogen (secondary N) is 2. The van der Waals surface area contributed by atoms with Crippen molar-refractivity contribution in [2.75, 3.05) is 6.61 Å². The van der Waals surface area contributed by atoms with Gasteiger partial charge in [0, 0.05) is 6.42 Å². The minimum atomic E-state index is -1.10. The van der Waals surface area contributed by atoms with Gasteiger partial charge in [0.25, 0.3) is 0 Å². The average Bonchev–Trinajstić information content (AvgIpc) is 3.04. The Balaban J connectivity index is 2.89. The van der Waals surface area contributed by atoms with Gasteiger partial charge < -0.3 is 36.8 Å². The Kier molecular flexibility index (Phi) is 8.09. The van der Waals surface area contributed by atoms with Crippen LogP contribution in [0.3, 0.4) is 0 Å². The van der Waals surface area contributed by atoms with E-state index in [1.807, 2.05) is 0 Å². The van der Waals surface area contributed by atoms with Crippen molar-refractivity contribution in [2.24, 2.45) is 11.5 Å². The molecular formula is C14H24N6O6. The highest BCUT2D eigenvalue weighted by Gasteiger charge is 2.27. The molecule has 1 rings (SSSR count). The Morgan fingerprint density at radius 2 is 1.96 bits per heavy atom. The molecular weight excluding hydrogens is 348 g/mol. The number of ketones is 1. The third-order valence-electron chi connectivity index (χ3n) is 3.48. The number of amides is 3. The van der Waals surface area contributed by atoms with Gasteiger partial charge in [-0.2, -0.15) is 4.98 Å². The van der Waals surface area contributed by atoms with Gasteiger partial charge in [0.1, 0.15) is 12.1 Å². The standard InChI is InChI=1S/C14H24N6O6/c1-6(22)11(7(2)23)18-14(25)17-9(3-4-10(16)24)13-19-12(20-26-13)8(15)5-21/h6,8-9,11,21-22H,3-5,15H2,1-2H3,(H2,16,24)(H2,17,18,25)/t6?,8-,9-,11-/m0/s1. The summed E-state index contributed by atoms with van der Waals surface area (Å²) < 4.78 is 5.02. The minimum absolute atomic E-state index is 0.0272. The van der Waals surface area contributed by atoms with Crippen molar-refractivity contribution in [3.63, 3.8) is 0 Å². The van der Waals surface area contributed by atoms with Crippen LogP contribution in [0.1, 0.15) is 50.5 Å². The molecule has 12 heteroatoms. The molecule has 0 aromatic carbocycles. The Morgan fingerprint density at radius 1 is 1.31 bits per heavy atom. The third-order valence-corrected chi connectivity index (χ3v) is 3.48. The van der Waals surface area contributed by atoms with Crippen LogP contribution >= 0.6 is 0 Å². The van der Waals surface area contributed by atoms with Crippen LogP contribution in [-0.4, -0.2) is 56.8 Å². The third kappa shape index (κ3) is 6.38. The second-order valence-corrected chi connectivity index (χ2v) is 5.78. The van der Waals surface area contributed by atoms with Crippen molar-refractivity contribution in [2.45, 2.75) is 50.9 Å². The smallest absolute Gasteiger partial charge is 0.316 e. The lowest BCUT2D eigenvalue weighted by molar-refractivity contribution is -0.121. The first kappa shape index (κ1) is 21.5. The average molecular weight is 372 g/mol. The summed E-state index contributed by atoms with van der Waals surface area (Å²) in [5.74, 6) is -1.05. The fraction of sp³-hybridized carbons (Fsp3) is 0.643. The summed E-state index contributed by atoms with van der Waals surface area (Å²) in [7, 11) is 0. The van der Waals surface area contributed by atoms with E-state index >= 15 is 0 Å². The zero-order valence-corrected chi connectivity index (χ0v) is 14.5. The van der Waals surface area contributed by atoms with Gasteiger partial charge in [0.2, 0.25) is 11.8 Å². The lowest BCUT2D eigenvalue weighted by Crippen LogP contribution is -2.51. The Bertz CT molecular complexity index is 633. The summed E-state index contributed by atoms with van der Waals surface area (Å²) in [6.07, 6.45) is -1.13. The highest BCUT2D eigenvalue weighted by atomic mass is 16.5. The number of rotatable bonds is 10. The number of urea groups is 1. The van der Waals surface area contributed by atoms with Gasteiger partial charge in [-0.15, -0.1) is 0 Å². The summed E-state index contributed by atoms with van der Waals surface area (Å²) in [5, 5.41) is 27.0. The maximum atomic E-state index is 12.1. The molecule has 1 aromatic rings. The first-order valence-corrected chi connectivity index (χ1v) is 7.89. The number of nitrogens with two attached hydrogens (primary N) is 2. The largest absolute Gasteiger partial charge is 0.394 e. The number of aliphatic hydroxyl groups is 2. The fourth-order valence-corrected chi connectivity index (χ4v) is 2.07. The van der Waals surface area contributed by atoms with Crippen LogP contribution in [0, 0.1) is 0 Å². The number of hydrogen-bond donors (Lipinski definition) is 6. The maximum Gasteiger partial charge on any atom is 0.316 e. The highest BCUT2D eigenvalue weighted by Crippen LogP contribution is 2.18. The number of Topliss-reactive ketones (excluding diaryl/α,β-unsaturated/α-hetero) is 1. The zero-order chi connectivity index (χ0) is 19.9. The number of aliphatic hydroxyl groups excluding tert-OH is 2. The molecule has 26 heavy (non-hydrogen) atoms. The monoisotopic (exact) mass is 372 g/mol. The number of carbonyl (C=O) groups excluding carboxylic acids is 3. The van der Waals surface area contributed by atoms with E-state index in [9.17, 15) is 19.5 Å². The SMILES string of the molecule is CC(=O)[C@@H](NC(=O)N[C@@H](CCC(N)=O)c1nc([C@@H](N)CO)no1)C(C)O. The molecule has 3 amide bonds. The van der Waals surface area contributed by atoms with E-state index in [4.69, 9.17) is 21.1 Å². The summed E-state index contributed by atoms with van der Waals surface area (Å²) >= 11 is 0. The van der Waals surface area contributed by atoms with Crippen LogP contribution in [0.15, 0.2) is 4.52 Å². The number of carbonyl (C=O) groups is 3. The van der Waals surface area contributed by atoms with Crippen molar-refractivity contribution in [1.29, 1.82) is 0 Å². The number of aromatic nitrogens is 2. The molecule has 0 aliphatic carbocycles.